The van der Waals surface area contributed by atoms with Gasteiger partial charge < -0.3 is 5.73 Å². The molecule has 0 spiro atoms. The molecule has 0 aromatic heterocycles. The molecule has 0 fully saturated rings. The maximum Gasteiger partial charge on any atom is 0.196 e. The lowest BCUT2D eigenvalue weighted by Gasteiger charge is -2.26. The van der Waals surface area contributed by atoms with Crippen molar-refractivity contribution in [1.82, 2.24) is 4.48 Å². The highest BCUT2D eigenvalue weighted by Gasteiger charge is 2.21. The Labute approximate surface area is 78.9 Å². The van der Waals surface area contributed by atoms with Gasteiger partial charge in [0.25, 0.3) is 0 Å². The molecular formula is C10H16N3+. The van der Waals surface area contributed by atoms with Gasteiger partial charge in [0.2, 0.25) is 0 Å². The van der Waals surface area contributed by atoms with Gasteiger partial charge in [-0.2, -0.15) is 0 Å². The van der Waals surface area contributed by atoms with E-state index in [0.29, 0.717) is 10.3 Å². The Balaban J connectivity index is 3.08. The zero-order chi connectivity index (χ0) is 10.1. The highest BCUT2D eigenvalue weighted by molar-refractivity contribution is 5.87. The minimum Gasteiger partial charge on any atom is -0.399 e. The van der Waals surface area contributed by atoms with Crippen molar-refractivity contribution in [3.63, 3.8) is 0 Å². The molecule has 0 saturated heterocycles. The maximum atomic E-state index is 7.63. The fourth-order valence-electron chi connectivity index (χ4n) is 1.04. The van der Waals surface area contributed by atoms with Gasteiger partial charge in [-0.1, -0.05) is 0 Å². The summed E-state index contributed by atoms with van der Waals surface area (Å²) >= 11 is 0. The number of anilines is 1. The van der Waals surface area contributed by atoms with Crippen LogP contribution in [0, 0.1) is 5.41 Å². The molecule has 0 aliphatic rings. The first-order chi connectivity index (χ1) is 5.94. The van der Waals surface area contributed by atoms with Crippen molar-refractivity contribution in [2.24, 2.45) is 0 Å². The first kappa shape index (κ1) is 9.74. The second kappa shape index (κ2) is 3.18. The molecule has 0 atom stereocenters. The van der Waals surface area contributed by atoms with Crippen molar-refractivity contribution in [3.8, 4) is 0 Å². The second-order valence-corrected chi connectivity index (χ2v) is 3.63. The predicted octanol–water partition coefficient (Wildman–Crippen LogP) is 1.83. The molecule has 1 rings (SSSR count). The van der Waals surface area contributed by atoms with E-state index in [2.05, 4.69) is 0 Å². The van der Waals surface area contributed by atoms with Gasteiger partial charge in [0.15, 0.2) is 5.84 Å². The Bertz CT molecular complexity index is 311. The Hall–Kier alpha value is -1.35. The molecule has 70 valence electrons. The van der Waals surface area contributed by atoms with E-state index in [-0.39, 0.29) is 0 Å². The summed E-state index contributed by atoms with van der Waals surface area (Å²) in [6.07, 6.45) is 0. The first-order valence-electron chi connectivity index (χ1n) is 4.20. The van der Waals surface area contributed by atoms with Gasteiger partial charge in [0.05, 0.1) is 14.1 Å². The molecular weight excluding hydrogens is 162 g/mol. The highest BCUT2D eigenvalue weighted by atomic mass is 15.3. The second-order valence-electron chi connectivity index (χ2n) is 3.63. The summed E-state index contributed by atoms with van der Waals surface area (Å²) in [6.45, 7) is 1.80. The first-order valence-corrected chi connectivity index (χ1v) is 4.20. The van der Waals surface area contributed by atoms with Gasteiger partial charge in [-0.3, -0.25) is 9.89 Å². The number of rotatable bonds is 1. The van der Waals surface area contributed by atoms with Gasteiger partial charge >= 0.3 is 0 Å². The van der Waals surface area contributed by atoms with Gasteiger partial charge in [-0.15, -0.1) is 0 Å². The number of hydrogen-bond donors (Lipinski definition) is 2. The van der Waals surface area contributed by atoms with Crippen molar-refractivity contribution in [2.45, 2.75) is 6.92 Å². The SMILES string of the molecule is CC(=N)[N+](C)(C)c1ccc(N)cc1. The maximum absolute atomic E-state index is 7.63. The molecule has 1 aromatic rings. The molecule has 0 saturated carbocycles. The van der Waals surface area contributed by atoms with Crippen LogP contribution in [0.4, 0.5) is 11.4 Å². The van der Waals surface area contributed by atoms with E-state index in [4.69, 9.17) is 11.1 Å². The summed E-state index contributed by atoms with van der Waals surface area (Å²) in [5, 5.41) is 7.63. The number of nitrogens with two attached hydrogens (primary N) is 1. The summed E-state index contributed by atoms with van der Waals surface area (Å²) in [4.78, 5) is 0. The third-order valence-electron chi connectivity index (χ3n) is 2.38. The molecule has 0 unspecified atom stereocenters. The molecule has 0 amide bonds. The zero-order valence-electron chi connectivity index (χ0n) is 8.33. The standard InChI is InChI=1S/C10H16N3/c1-8(11)13(2,3)10-6-4-9(12)5-7-10/h4-7,11H,12H2,1-3H3/q+1. The fraction of sp³-hybridized carbons (Fsp3) is 0.300. The number of nitrogens with one attached hydrogen (secondary N) is 1. The van der Waals surface area contributed by atoms with Crippen LogP contribution < -0.4 is 10.2 Å². The lowest BCUT2D eigenvalue weighted by molar-refractivity contribution is 0.585. The summed E-state index contributed by atoms with van der Waals surface area (Å²) < 4.78 is 0.472. The van der Waals surface area contributed by atoms with Gasteiger partial charge in [-0.25, -0.2) is 0 Å². The number of benzene rings is 1. The Morgan fingerprint density at radius 1 is 1.23 bits per heavy atom. The summed E-state index contributed by atoms with van der Waals surface area (Å²) in [5.41, 5.74) is 7.41. The molecule has 1 aromatic carbocycles. The normalized spacial score (nSPS) is 11.3. The smallest absolute Gasteiger partial charge is 0.196 e. The van der Waals surface area contributed by atoms with Crippen LogP contribution in [0.15, 0.2) is 24.3 Å². The zero-order valence-corrected chi connectivity index (χ0v) is 8.33. The quantitative estimate of drug-likeness (QED) is 0.293. The van der Waals surface area contributed by atoms with Crippen LogP contribution in [0.2, 0.25) is 0 Å². The molecule has 3 nitrogen and oxygen atoms in total. The molecule has 3 heteroatoms. The Morgan fingerprint density at radius 2 is 1.69 bits per heavy atom. The van der Waals surface area contributed by atoms with Crippen LogP contribution >= 0.6 is 0 Å². The predicted molar refractivity (Wildman–Crippen MR) is 57.9 cm³/mol. The van der Waals surface area contributed by atoms with E-state index in [1.165, 1.54) is 0 Å². The van der Waals surface area contributed by atoms with E-state index < -0.39 is 0 Å². The average molecular weight is 178 g/mol. The van der Waals surface area contributed by atoms with Crippen LogP contribution in [0.25, 0.3) is 0 Å². The Kier molecular flexibility index (Phi) is 2.38. The lowest BCUT2D eigenvalue weighted by atomic mass is 10.2. The topological polar surface area (TPSA) is 49.9 Å². The summed E-state index contributed by atoms with van der Waals surface area (Å²) in [7, 11) is 3.96. The molecule has 0 aliphatic carbocycles. The van der Waals surface area contributed by atoms with Crippen molar-refractivity contribution in [2.75, 3.05) is 19.8 Å². The van der Waals surface area contributed by atoms with E-state index in [0.717, 1.165) is 11.4 Å². The van der Waals surface area contributed by atoms with Crippen molar-refractivity contribution >= 4 is 17.2 Å². The molecule has 0 aliphatic heterocycles. The van der Waals surface area contributed by atoms with Crippen LogP contribution in [-0.2, 0) is 0 Å². The summed E-state index contributed by atoms with van der Waals surface area (Å²) in [6, 6.07) is 7.62. The van der Waals surface area contributed by atoms with E-state index >= 15 is 0 Å². The number of nitrogens with zero attached hydrogens (tertiary/aromatic N) is 1. The van der Waals surface area contributed by atoms with Crippen LogP contribution in [0.1, 0.15) is 6.92 Å². The van der Waals surface area contributed by atoms with Crippen molar-refractivity contribution < 1.29 is 0 Å². The van der Waals surface area contributed by atoms with Crippen molar-refractivity contribution in [1.29, 1.82) is 5.41 Å². The van der Waals surface area contributed by atoms with E-state index in [1.807, 2.05) is 38.4 Å². The summed E-state index contributed by atoms with van der Waals surface area (Å²) in [5.74, 6) is 0.602. The molecule has 0 heterocycles. The van der Waals surface area contributed by atoms with Gasteiger partial charge in [-0.05, 0) is 12.1 Å². The number of hydrogen-bond acceptors (Lipinski definition) is 2. The van der Waals surface area contributed by atoms with E-state index in [9.17, 15) is 0 Å². The minimum absolute atomic E-state index is 0.472. The molecule has 3 N–H and O–H groups in total. The van der Waals surface area contributed by atoms with Crippen LogP contribution in [0.5, 0.6) is 0 Å². The lowest BCUT2D eigenvalue weighted by Crippen LogP contribution is -2.44. The monoisotopic (exact) mass is 178 g/mol. The molecule has 0 radical (unpaired) electrons. The third-order valence-corrected chi connectivity index (χ3v) is 2.38. The highest BCUT2D eigenvalue weighted by Crippen LogP contribution is 2.20. The largest absolute Gasteiger partial charge is 0.399 e. The van der Waals surface area contributed by atoms with Gasteiger partial charge in [0.1, 0.15) is 5.69 Å². The fourth-order valence-corrected chi connectivity index (χ4v) is 1.04. The van der Waals surface area contributed by atoms with E-state index in [1.54, 1.807) is 6.92 Å². The number of nitrogen functional groups attached to an aromatic ring is 1. The van der Waals surface area contributed by atoms with Gasteiger partial charge in [0, 0.05) is 24.7 Å². The van der Waals surface area contributed by atoms with Crippen LogP contribution in [0.3, 0.4) is 0 Å². The number of amidine groups is 1. The molecule has 13 heavy (non-hydrogen) atoms. The van der Waals surface area contributed by atoms with Crippen LogP contribution in [-0.4, -0.2) is 19.9 Å². The average Bonchev–Trinajstić information content (AvgIpc) is 2.04. The van der Waals surface area contributed by atoms with Crippen molar-refractivity contribution in [3.05, 3.63) is 24.3 Å². The third kappa shape index (κ3) is 1.87. The number of quaternary nitrogens is 1. The molecule has 0 bridgehead atoms. The minimum atomic E-state index is 0.472. The Morgan fingerprint density at radius 3 is 2.08 bits per heavy atom.